The average molecular weight is 176 g/mol. The number of aldehydes is 1. The summed E-state index contributed by atoms with van der Waals surface area (Å²) in [5.74, 6) is 0.260. The lowest BCUT2D eigenvalue weighted by atomic mass is 10.2. The molecule has 5 heteroatoms. The molecule has 1 aromatic heterocycles. The average Bonchev–Trinajstić information content (AvgIpc) is 2.48. The van der Waals surface area contributed by atoms with E-state index in [4.69, 9.17) is 11.5 Å². The zero-order valence-electron chi connectivity index (χ0n) is 6.74. The van der Waals surface area contributed by atoms with Gasteiger partial charge in [0.2, 0.25) is 0 Å². The molecule has 66 valence electrons. The maximum absolute atomic E-state index is 10.6. The molecule has 1 heterocycles. The van der Waals surface area contributed by atoms with Gasteiger partial charge in [0.15, 0.2) is 12.2 Å². The number of hydrogen-bond donors (Lipinski definition) is 3. The summed E-state index contributed by atoms with van der Waals surface area (Å²) < 4.78 is 0. The Morgan fingerprint density at radius 2 is 2.15 bits per heavy atom. The van der Waals surface area contributed by atoms with Crippen molar-refractivity contribution < 1.29 is 4.79 Å². The number of nitrogen functional groups attached to an aromatic ring is 2. The number of carbonyl (C=O) groups is 1. The molecule has 0 bridgehead atoms. The van der Waals surface area contributed by atoms with E-state index in [0.29, 0.717) is 22.3 Å². The van der Waals surface area contributed by atoms with E-state index in [2.05, 4.69) is 9.97 Å². The van der Waals surface area contributed by atoms with Crippen LogP contribution >= 0.6 is 0 Å². The molecule has 1 aromatic carbocycles. The number of nitrogens with two attached hydrogens (primary N) is 2. The Kier molecular flexibility index (Phi) is 1.45. The molecule has 0 radical (unpaired) electrons. The van der Waals surface area contributed by atoms with E-state index < -0.39 is 0 Å². The van der Waals surface area contributed by atoms with Crippen LogP contribution in [0.5, 0.6) is 0 Å². The molecule has 0 fully saturated rings. The highest BCUT2D eigenvalue weighted by Gasteiger charge is 2.07. The number of rotatable bonds is 1. The van der Waals surface area contributed by atoms with Gasteiger partial charge in [0.25, 0.3) is 0 Å². The molecule has 5 N–H and O–H groups in total. The number of imidazole rings is 1. The minimum Gasteiger partial charge on any atom is -0.397 e. The molecule has 0 saturated carbocycles. The van der Waals surface area contributed by atoms with Crippen molar-refractivity contribution in [3.63, 3.8) is 0 Å². The lowest BCUT2D eigenvalue weighted by Gasteiger charge is -1.95. The van der Waals surface area contributed by atoms with E-state index in [-0.39, 0.29) is 5.95 Å². The molecule has 2 aromatic rings. The number of H-pyrrole nitrogens is 1. The van der Waals surface area contributed by atoms with Gasteiger partial charge in [0, 0.05) is 5.56 Å². The molecule has 0 spiro atoms. The van der Waals surface area contributed by atoms with Crippen LogP contribution in [-0.4, -0.2) is 16.3 Å². The summed E-state index contributed by atoms with van der Waals surface area (Å²) in [6.07, 6.45) is 0.724. The molecule has 0 aliphatic rings. The fourth-order valence-electron chi connectivity index (χ4n) is 1.25. The van der Waals surface area contributed by atoms with Crippen LogP contribution in [0.15, 0.2) is 12.1 Å². The highest BCUT2D eigenvalue weighted by Crippen LogP contribution is 2.21. The van der Waals surface area contributed by atoms with Crippen LogP contribution in [0.3, 0.4) is 0 Å². The monoisotopic (exact) mass is 176 g/mol. The van der Waals surface area contributed by atoms with Crippen molar-refractivity contribution >= 4 is 29.0 Å². The molecule has 13 heavy (non-hydrogen) atoms. The third kappa shape index (κ3) is 1.01. The van der Waals surface area contributed by atoms with Crippen LogP contribution in [0, 0.1) is 0 Å². The highest BCUT2D eigenvalue weighted by atomic mass is 16.1. The minimum atomic E-state index is 0.260. The van der Waals surface area contributed by atoms with E-state index in [1.165, 1.54) is 0 Å². The highest BCUT2D eigenvalue weighted by molar-refractivity contribution is 6.00. The van der Waals surface area contributed by atoms with Gasteiger partial charge in [-0.3, -0.25) is 4.79 Å². The molecule has 2 rings (SSSR count). The predicted octanol–water partition coefficient (Wildman–Crippen LogP) is 0.540. The second-order valence-electron chi connectivity index (χ2n) is 2.71. The Balaban J connectivity index is 2.91. The number of hydrogen-bond acceptors (Lipinski definition) is 4. The lowest BCUT2D eigenvalue weighted by molar-refractivity contribution is 0.112. The standard InChI is InChI=1S/C8H8N4O/c9-5-2-1-4(3-13)6-7(5)12-8(10)11-6/h1-3H,9H2,(H3,10,11,12). The molecular weight excluding hydrogens is 168 g/mol. The van der Waals surface area contributed by atoms with Crippen LogP contribution in [0.25, 0.3) is 11.0 Å². The number of nitrogens with zero attached hydrogens (tertiary/aromatic N) is 1. The summed E-state index contributed by atoms with van der Waals surface area (Å²) >= 11 is 0. The Labute approximate surface area is 73.7 Å². The third-order valence-electron chi connectivity index (χ3n) is 1.85. The number of anilines is 2. The van der Waals surface area contributed by atoms with Crippen LogP contribution in [-0.2, 0) is 0 Å². The SMILES string of the molecule is Nc1nc2c(C=O)ccc(N)c2[nH]1. The molecule has 0 unspecified atom stereocenters. The van der Waals surface area contributed by atoms with Gasteiger partial charge in [-0.25, -0.2) is 4.98 Å². The topological polar surface area (TPSA) is 97.8 Å². The summed E-state index contributed by atoms with van der Waals surface area (Å²) in [4.78, 5) is 17.3. The molecule has 0 aliphatic heterocycles. The van der Waals surface area contributed by atoms with Crippen molar-refractivity contribution in [1.82, 2.24) is 9.97 Å². The Hall–Kier alpha value is -2.04. The fraction of sp³-hybridized carbons (Fsp3) is 0. The first-order valence-electron chi connectivity index (χ1n) is 3.71. The van der Waals surface area contributed by atoms with Gasteiger partial charge in [-0.05, 0) is 12.1 Å². The van der Waals surface area contributed by atoms with Gasteiger partial charge in [0.05, 0.1) is 11.2 Å². The van der Waals surface area contributed by atoms with Gasteiger partial charge in [0.1, 0.15) is 5.52 Å². The Bertz CT molecular complexity index is 474. The van der Waals surface area contributed by atoms with Crippen molar-refractivity contribution in [2.45, 2.75) is 0 Å². The van der Waals surface area contributed by atoms with Crippen LogP contribution in [0.4, 0.5) is 11.6 Å². The smallest absolute Gasteiger partial charge is 0.198 e. The molecule has 0 atom stereocenters. The summed E-state index contributed by atoms with van der Waals surface area (Å²) in [6.45, 7) is 0. The number of nitrogens with one attached hydrogen (secondary N) is 1. The quantitative estimate of drug-likeness (QED) is 0.436. The number of fused-ring (bicyclic) bond motifs is 1. The first-order chi connectivity index (χ1) is 6.22. The maximum atomic E-state index is 10.6. The first kappa shape index (κ1) is 7.60. The van der Waals surface area contributed by atoms with Crippen molar-refractivity contribution in [3.8, 4) is 0 Å². The molecule has 0 amide bonds. The summed E-state index contributed by atoms with van der Waals surface area (Å²) in [6, 6.07) is 3.26. The fourth-order valence-corrected chi connectivity index (χ4v) is 1.25. The van der Waals surface area contributed by atoms with Gasteiger partial charge in [-0.2, -0.15) is 0 Å². The second-order valence-corrected chi connectivity index (χ2v) is 2.71. The van der Waals surface area contributed by atoms with Crippen LogP contribution in [0.1, 0.15) is 10.4 Å². The number of benzene rings is 1. The van der Waals surface area contributed by atoms with Crippen LogP contribution in [0.2, 0.25) is 0 Å². The van der Waals surface area contributed by atoms with Gasteiger partial charge in [-0.15, -0.1) is 0 Å². The van der Waals surface area contributed by atoms with Crippen molar-refractivity contribution in [2.24, 2.45) is 0 Å². The third-order valence-corrected chi connectivity index (χ3v) is 1.85. The number of aromatic nitrogens is 2. The molecular formula is C8H8N4O. The number of aromatic amines is 1. The van der Waals surface area contributed by atoms with E-state index in [9.17, 15) is 4.79 Å². The number of carbonyl (C=O) groups excluding carboxylic acids is 1. The molecule has 0 aliphatic carbocycles. The zero-order valence-corrected chi connectivity index (χ0v) is 6.74. The summed E-state index contributed by atoms with van der Waals surface area (Å²) in [5, 5.41) is 0. The predicted molar refractivity (Wildman–Crippen MR) is 50.3 cm³/mol. The normalized spacial score (nSPS) is 10.5. The van der Waals surface area contributed by atoms with Crippen molar-refractivity contribution in [3.05, 3.63) is 17.7 Å². The first-order valence-corrected chi connectivity index (χ1v) is 3.71. The van der Waals surface area contributed by atoms with Crippen molar-refractivity contribution in [2.75, 3.05) is 11.5 Å². The van der Waals surface area contributed by atoms with Gasteiger partial charge in [-0.1, -0.05) is 0 Å². The molecule has 0 saturated heterocycles. The Morgan fingerprint density at radius 1 is 1.38 bits per heavy atom. The summed E-state index contributed by atoms with van der Waals surface area (Å²) in [7, 11) is 0. The second kappa shape index (κ2) is 2.48. The Morgan fingerprint density at radius 3 is 2.85 bits per heavy atom. The van der Waals surface area contributed by atoms with E-state index in [1.807, 2.05) is 0 Å². The van der Waals surface area contributed by atoms with Gasteiger partial charge >= 0.3 is 0 Å². The van der Waals surface area contributed by atoms with E-state index >= 15 is 0 Å². The van der Waals surface area contributed by atoms with Crippen LogP contribution < -0.4 is 11.5 Å². The minimum absolute atomic E-state index is 0.260. The lowest BCUT2D eigenvalue weighted by Crippen LogP contribution is -1.89. The zero-order chi connectivity index (χ0) is 9.42. The largest absolute Gasteiger partial charge is 0.397 e. The molecule has 5 nitrogen and oxygen atoms in total. The maximum Gasteiger partial charge on any atom is 0.198 e. The van der Waals surface area contributed by atoms with E-state index in [1.54, 1.807) is 12.1 Å². The van der Waals surface area contributed by atoms with Gasteiger partial charge < -0.3 is 16.5 Å². The summed E-state index contributed by atoms with van der Waals surface area (Å²) in [5.41, 5.74) is 13.2. The van der Waals surface area contributed by atoms with E-state index in [0.717, 1.165) is 6.29 Å². The van der Waals surface area contributed by atoms with Crippen molar-refractivity contribution in [1.29, 1.82) is 0 Å².